The van der Waals surface area contributed by atoms with Gasteiger partial charge in [-0.3, -0.25) is 10.1 Å². The molecule has 0 aliphatic carbocycles. The Hall–Kier alpha value is -1.50. The average Bonchev–Trinajstić information content (AvgIpc) is 2.56. The number of ketones is 1. The summed E-state index contributed by atoms with van der Waals surface area (Å²) in [4.78, 5) is 26.5. The minimum atomic E-state index is -1.02. The Labute approximate surface area is 143 Å². The smallest absolute Gasteiger partial charge is 0.328 e. The molecule has 6 nitrogen and oxygen atoms in total. The summed E-state index contributed by atoms with van der Waals surface area (Å²) in [5.41, 5.74) is 0. The fourth-order valence-electron chi connectivity index (χ4n) is 2.25. The molecule has 0 radical (unpaired) electrons. The SMILES string of the molecule is CCCCCC(CCC(O)C(=O)CCCC=CC=CC(=O)O)OO. The van der Waals surface area contributed by atoms with E-state index in [0.29, 0.717) is 19.3 Å². The summed E-state index contributed by atoms with van der Waals surface area (Å²) in [5, 5.41) is 27.1. The molecule has 0 aromatic heterocycles. The Morgan fingerprint density at radius 3 is 2.46 bits per heavy atom. The number of carbonyl (C=O) groups excluding carboxylic acids is 1. The first kappa shape index (κ1) is 22.5. The monoisotopic (exact) mass is 342 g/mol. The Bertz CT molecular complexity index is 402. The van der Waals surface area contributed by atoms with Crippen molar-refractivity contribution >= 4 is 11.8 Å². The van der Waals surface area contributed by atoms with Crippen LogP contribution in [0.2, 0.25) is 0 Å². The maximum atomic E-state index is 11.8. The number of carbonyl (C=O) groups is 2. The van der Waals surface area contributed by atoms with Crippen LogP contribution in [0.15, 0.2) is 24.3 Å². The maximum Gasteiger partial charge on any atom is 0.328 e. The number of carboxylic acids is 1. The molecule has 0 heterocycles. The Morgan fingerprint density at radius 1 is 1.08 bits per heavy atom. The molecular weight excluding hydrogens is 312 g/mol. The minimum Gasteiger partial charge on any atom is -0.478 e. The van der Waals surface area contributed by atoms with Crippen LogP contribution in [0.3, 0.4) is 0 Å². The molecular formula is C18H30O6. The Balaban J connectivity index is 3.87. The van der Waals surface area contributed by atoms with Crippen molar-refractivity contribution in [3.8, 4) is 0 Å². The van der Waals surface area contributed by atoms with Crippen LogP contribution in [-0.2, 0) is 14.5 Å². The van der Waals surface area contributed by atoms with E-state index in [1.54, 1.807) is 12.2 Å². The zero-order valence-electron chi connectivity index (χ0n) is 14.4. The molecule has 2 unspecified atom stereocenters. The second kappa shape index (κ2) is 15.1. The van der Waals surface area contributed by atoms with E-state index in [1.165, 1.54) is 6.08 Å². The van der Waals surface area contributed by atoms with E-state index >= 15 is 0 Å². The van der Waals surface area contributed by atoms with Gasteiger partial charge in [0.2, 0.25) is 0 Å². The van der Waals surface area contributed by atoms with Crippen molar-refractivity contribution in [1.29, 1.82) is 0 Å². The van der Waals surface area contributed by atoms with Crippen LogP contribution in [0.5, 0.6) is 0 Å². The lowest BCUT2D eigenvalue weighted by molar-refractivity contribution is -0.281. The number of Topliss-reactive ketones (excluding diaryl/α,β-unsaturated/α-hetero) is 1. The van der Waals surface area contributed by atoms with Gasteiger partial charge in [-0.1, -0.05) is 44.4 Å². The molecule has 6 heteroatoms. The molecule has 0 aromatic rings. The van der Waals surface area contributed by atoms with Gasteiger partial charge in [-0.15, -0.1) is 0 Å². The van der Waals surface area contributed by atoms with Gasteiger partial charge in [0, 0.05) is 12.5 Å². The second-order valence-electron chi connectivity index (χ2n) is 5.80. The van der Waals surface area contributed by atoms with E-state index in [-0.39, 0.29) is 24.7 Å². The normalized spacial score (nSPS) is 14.3. The Morgan fingerprint density at radius 2 is 1.83 bits per heavy atom. The molecule has 0 amide bonds. The molecule has 0 bridgehead atoms. The topological polar surface area (TPSA) is 104 Å². The van der Waals surface area contributed by atoms with Gasteiger partial charge in [0.15, 0.2) is 5.78 Å². The van der Waals surface area contributed by atoms with Crippen molar-refractivity contribution in [1.82, 2.24) is 0 Å². The van der Waals surface area contributed by atoms with Crippen LogP contribution >= 0.6 is 0 Å². The fraction of sp³-hybridized carbons (Fsp3) is 0.667. The lowest BCUT2D eigenvalue weighted by Crippen LogP contribution is -2.23. The van der Waals surface area contributed by atoms with E-state index < -0.39 is 12.1 Å². The minimum absolute atomic E-state index is 0.213. The van der Waals surface area contributed by atoms with Crippen LogP contribution < -0.4 is 0 Å². The predicted octanol–water partition coefficient (Wildman–Crippen LogP) is 3.50. The van der Waals surface area contributed by atoms with Crippen molar-refractivity contribution in [2.45, 2.75) is 76.9 Å². The number of carboxylic acid groups (broad SMARTS) is 1. The van der Waals surface area contributed by atoms with Gasteiger partial charge >= 0.3 is 5.97 Å². The van der Waals surface area contributed by atoms with Crippen molar-refractivity contribution < 1.29 is 29.9 Å². The zero-order valence-corrected chi connectivity index (χ0v) is 14.4. The van der Waals surface area contributed by atoms with E-state index in [4.69, 9.17) is 10.4 Å². The molecule has 0 saturated heterocycles. The molecule has 138 valence electrons. The highest BCUT2D eigenvalue weighted by atomic mass is 17.1. The average molecular weight is 342 g/mol. The lowest BCUT2D eigenvalue weighted by Gasteiger charge is -2.15. The first-order valence-electron chi connectivity index (χ1n) is 8.58. The maximum absolute atomic E-state index is 11.8. The van der Waals surface area contributed by atoms with Crippen LogP contribution in [0.1, 0.15) is 64.7 Å². The highest BCUT2D eigenvalue weighted by Crippen LogP contribution is 2.14. The molecule has 0 rings (SSSR count). The molecule has 2 atom stereocenters. The number of hydrogen-bond donors (Lipinski definition) is 3. The van der Waals surface area contributed by atoms with Crippen LogP contribution in [0, 0.1) is 0 Å². The summed E-state index contributed by atoms with van der Waals surface area (Å²) < 4.78 is 0. The number of allylic oxidation sites excluding steroid dienone is 3. The zero-order chi connectivity index (χ0) is 18.2. The first-order chi connectivity index (χ1) is 11.5. The van der Waals surface area contributed by atoms with Crippen molar-refractivity contribution in [3.63, 3.8) is 0 Å². The van der Waals surface area contributed by atoms with E-state index in [9.17, 15) is 14.7 Å². The van der Waals surface area contributed by atoms with E-state index in [1.807, 2.05) is 0 Å². The number of unbranched alkanes of at least 4 members (excludes halogenated alkanes) is 3. The quantitative estimate of drug-likeness (QED) is 0.138. The van der Waals surface area contributed by atoms with E-state index in [0.717, 1.165) is 31.8 Å². The fourth-order valence-corrected chi connectivity index (χ4v) is 2.25. The van der Waals surface area contributed by atoms with E-state index in [2.05, 4.69) is 11.8 Å². The van der Waals surface area contributed by atoms with Gasteiger partial charge < -0.3 is 10.2 Å². The Kier molecular flexibility index (Phi) is 14.1. The third kappa shape index (κ3) is 13.0. The van der Waals surface area contributed by atoms with Crippen LogP contribution in [0.4, 0.5) is 0 Å². The number of aliphatic carboxylic acids is 1. The van der Waals surface area contributed by atoms with Gasteiger partial charge in [0.25, 0.3) is 0 Å². The highest BCUT2D eigenvalue weighted by molar-refractivity contribution is 5.82. The van der Waals surface area contributed by atoms with Gasteiger partial charge in [0.1, 0.15) is 6.10 Å². The van der Waals surface area contributed by atoms with Gasteiger partial charge in [-0.05, 0) is 32.1 Å². The first-order valence-corrected chi connectivity index (χ1v) is 8.58. The number of rotatable bonds is 15. The molecule has 0 spiro atoms. The number of aliphatic hydroxyl groups excluding tert-OH is 1. The summed E-state index contributed by atoms with van der Waals surface area (Å²) in [5.74, 6) is -1.22. The number of hydrogen-bond acceptors (Lipinski definition) is 5. The molecule has 0 fully saturated rings. The summed E-state index contributed by atoms with van der Waals surface area (Å²) in [6.45, 7) is 2.09. The molecule has 0 saturated carbocycles. The predicted molar refractivity (Wildman–Crippen MR) is 91.7 cm³/mol. The summed E-state index contributed by atoms with van der Waals surface area (Å²) in [6.07, 6.45) is 10.6. The molecule has 0 aromatic carbocycles. The molecule has 0 aliphatic heterocycles. The summed E-state index contributed by atoms with van der Waals surface area (Å²) in [7, 11) is 0. The molecule has 3 N–H and O–H groups in total. The van der Waals surface area contributed by atoms with Gasteiger partial charge in [-0.2, -0.15) is 0 Å². The summed E-state index contributed by atoms with van der Waals surface area (Å²) >= 11 is 0. The third-order valence-electron chi connectivity index (χ3n) is 3.69. The summed E-state index contributed by atoms with van der Waals surface area (Å²) in [6, 6.07) is 0. The standard InChI is InChI=1S/C18H30O6/c1-2-3-7-10-15(24-23)13-14-17(20)16(19)11-8-5-4-6-9-12-18(21)22/h4,6,9,12,15,17,20,23H,2-3,5,7-8,10-11,13-14H2,1H3,(H,21,22). The molecule has 0 aliphatic rings. The lowest BCUT2D eigenvalue weighted by atomic mass is 10.0. The molecule has 24 heavy (non-hydrogen) atoms. The largest absolute Gasteiger partial charge is 0.478 e. The van der Waals surface area contributed by atoms with Gasteiger partial charge in [0.05, 0.1) is 6.10 Å². The third-order valence-corrected chi connectivity index (χ3v) is 3.69. The second-order valence-corrected chi connectivity index (χ2v) is 5.80. The van der Waals surface area contributed by atoms with Gasteiger partial charge in [-0.25, -0.2) is 9.68 Å². The highest BCUT2D eigenvalue weighted by Gasteiger charge is 2.17. The van der Waals surface area contributed by atoms with Crippen molar-refractivity contribution in [3.05, 3.63) is 24.3 Å². The van der Waals surface area contributed by atoms with Crippen LogP contribution in [-0.4, -0.2) is 39.4 Å². The number of aliphatic hydroxyl groups is 1. The van der Waals surface area contributed by atoms with Crippen molar-refractivity contribution in [2.24, 2.45) is 0 Å². The van der Waals surface area contributed by atoms with Crippen molar-refractivity contribution in [2.75, 3.05) is 0 Å². The van der Waals surface area contributed by atoms with Crippen LogP contribution in [0.25, 0.3) is 0 Å².